The number of hydrogen-bond acceptors (Lipinski definition) is 3. The average molecular weight is 259 g/mol. The van der Waals surface area contributed by atoms with Crippen molar-refractivity contribution in [3.63, 3.8) is 0 Å². The third-order valence-corrected chi connectivity index (χ3v) is 2.64. The summed E-state index contributed by atoms with van der Waals surface area (Å²) in [6.07, 6.45) is 0. The van der Waals surface area contributed by atoms with E-state index in [0.29, 0.717) is 11.3 Å². The molecule has 0 saturated carbocycles. The monoisotopic (exact) mass is 259 g/mol. The molecule has 1 atom stereocenters. The van der Waals surface area contributed by atoms with Crippen molar-refractivity contribution >= 4 is 17.5 Å². The van der Waals surface area contributed by atoms with E-state index < -0.39 is 12.1 Å². The van der Waals surface area contributed by atoms with Crippen LogP contribution in [0.15, 0.2) is 24.3 Å². The fourth-order valence-corrected chi connectivity index (χ4v) is 1.44. The van der Waals surface area contributed by atoms with E-state index in [-0.39, 0.29) is 11.7 Å². The second-order valence-corrected chi connectivity index (χ2v) is 4.58. The maximum absolute atomic E-state index is 11.7. The molecule has 0 aliphatic rings. The van der Waals surface area contributed by atoms with Crippen LogP contribution in [-0.4, -0.2) is 17.9 Å². The molecule has 100 valence electrons. The van der Waals surface area contributed by atoms with Crippen molar-refractivity contribution in [2.45, 2.75) is 26.8 Å². The third kappa shape index (κ3) is 4.43. The third-order valence-electron chi connectivity index (χ3n) is 2.64. The number of Topliss-reactive ketones (excluding diaryl/α,β-unsaturated/α-hetero) is 1. The molecule has 2 amide bonds. The largest absolute Gasteiger partial charge is 0.322 e. The fraction of sp³-hybridized carbons (Fsp3) is 0.357. The van der Waals surface area contributed by atoms with Gasteiger partial charge in [-0.25, -0.2) is 4.79 Å². The normalized spacial score (nSPS) is 11.5. The zero-order chi connectivity index (χ0) is 14.4. The first-order valence-corrected chi connectivity index (χ1v) is 6.02. The number of amides is 2. The molecular weight excluding hydrogens is 242 g/mol. The van der Waals surface area contributed by atoms with E-state index in [1.165, 1.54) is 6.92 Å². The van der Waals surface area contributed by atoms with E-state index >= 15 is 0 Å². The number of benzene rings is 1. The van der Waals surface area contributed by atoms with Crippen LogP contribution in [0.5, 0.6) is 0 Å². The number of anilines is 1. The highest BCUT2D eigenvalue weighted by molar-refractivity contribution is 5.95. The zero-order valence-corrected chi connectivity index (χ0v) is 11.2. The molecule has 0 fully saturated rings. The quantitative estimate of drug-likeness (QED) is 0.815. The predicted octanol–water partition coefficient (Wildman–Crippen LogP) is 2.56. The summed E-state index contributed by atoms with van der Waals surface area (Å²) in [6, 6.07) is 7.63. The van der Waals surface area contributed by atoms with Gasteiger partial charge in [-0.3, -0.25) is 4.79 Å². The Balaban J connectivity index is 2.62. The number of carbonyl (C=O) groups is 2. The van der Waals surface area contributed by atoms with Crippen LogP contribution in [0.1, 0.15) is 31.1 Å². The van der Waals surface area contributed by atoms with Gasteiger partial charge in [0.2, 0.25) is 0 Å². The highest BCUT2D eigenvalue weighted by Crippen LogP contribution is 2.10. The molecule has 19 heavy (non-hydrogen) atoms. The molecule has 0 aliphatic heterocycles. The van der Waals surface area contributed by atoms with Crippen molar-refractivity contribution in [2.24, 2.45) is 5.92 Å². The second kappa shape index (κ2) is 6.55. The Morgan fingerprint density at radius 3 is 2.21 bits per heavy atom. The minimum absolute atomic E-state index is 0.0275. The van der Waals surface area contributed by atoms with Gasteiger partial charge in [-0.05, 0) is 37.1 Å². The van der Waals surface area contributed by atoms with Crippen LogP contribution in [0, 0.1) is 17.2 Å². The van der Waals surface area contributed by atoms with Gasteiger partial charge in [0.15, 0.2) is 5.78 Å². The summed E-state index contributed by atoms with van der Waals surface area (Å²) in [6.45, 7) is 5.20. The van der Waals surface area contributed by atoms with E-state index in [1.807, 2.05) is 19.9 Å². The molecule has 1 aromatic rings. The average Bonchev–Trinajstić information content (AvgIpc) is 2.36. The molecule has 0 aromatic heterocycles. The number of carbonyl (C=O) groups excluding carboxylic acids is 2. The van der Waals surface area contributed by atoms with Crippen molar-refractivity contribution < 1.29 is 9.59 Å². The van der Waals surface area contributed by atoms with Gasteiger partial charge < -0.3 is 10.6 Å². The summed E-state index contributed by atoms with van der Waals surface area (Å²) < 4.78 is 0. The first-order valence-electron chi connectivity index (χ1n) is 6.02. The van der Waals surface area contributed by atoms with Crippen molar-refractivity contribution in [3.8, 4) is 6.07 Å². The molecule has 0 spiro atoms. The summed E-state index contributed by atoms with van der Waals surface area (Å²) in [5.41, 5.74) is 1.16. The maximum Gasteiger partial charge on any atom is 0.320 e. The summed E-state index contributed by atoms with van der Waals surface area (Å²) in [4.78, 5) is 22.8. The standard InChI is InChI=1S/C14H17N3O2/c1-9(2)13(8-15)17-14(19)16-12-6-4-11(5-7-12)10(3)18/h4-7,9,13H,1-3H3,(H2,16,17,19). The van der Waals surface area contributed by atoms with Gasteiger partial charge in [0.1, 0.15) is 6.04 Å². The molecule has 5 nitrogen and oxygen atoms in total. The Bertz CT molecular complexity index is 500. The Morgan fingerprint density at radius 1 is 1.21 bits per heavy atom. The van der Waals surface area contributed by atoms with Crippen LogP contribution in [0.2, 0.25) is 0 Å². The van der Waals surface area contributed by atoms with Gasteiger partial charge in [0.05, 0.1) is 6.07 Å². The first kappa shape index (κ1) is 14.7. The molecule has 0 aliphatic carbocycles. The number of hydrogen-bond donors (Lipinski definition) is 2. The van der Waals surface area contributed by atoms with Crippen LogP contribution < -0.4 is 10.6 Å². The fourth-order valence-electron chi connectivity index (χ4n) is 1.44. The molecule has 1 unspecified atom stereocenters. The lowest BCUT2D eigenvalue weighted by Crippen LogP contribution is -2.40. The Hall–Kier alpha value is -2.35. The predicted molar refractivity (Wildman–Crippen MR) is 72.8 cm³/mol. The van der Waals surface area contributed by atoms with Crippen LogP contribution >= 0.6 is 0 Å². The van der Waals surface area contributed by atoms with Gasteiger partial charge in [-0.2, -0.15) is 5.26 Å². The number of rotatable bonds is 4. The number of nitriles is 1. The lowest BCUT2D eigenvalue weighted by Gasteiger charge is -2.15. The number of nitrogens with one attached hydrogen (secondary N) is 2. The maximum atomic E-state index is 11.7. The number of ketones is 1. The molecule has 0 radical (unpaired) electrons. The Kier molecular flexibility index (Phi) is 5.07. The number of nitrogens with zero attached hydrogens (tertiary/aromatic N) is 1. The van der Waals surface area contributed by atoms with Gasteiger partial charge in [-0.15, -0.1) is 0 Å². The van der Waals surface area contributed by atoms with Gasteiger partial charge in [0, 0.05) is 11.3 Å². The van der Waals surface area contributed by atoms with Crippen LogP contribution in [0.3, 0.4) is 0 Å². The molecule has 1 rings (SSSR count). The highest BCUT2D eigenvalue weighted by Gasteiger charge is 2.14. The molecule has 5 heteroatoms. The molecule has 0 saturated heterocycles. The van der Waals surface area contributed by atoms with Gasteiger partial charge >= 0.3 is 6.03 Å². The van der Waals surface area contributed by atoms with Crippen molar-refractivity contribution in [1.29, 1.82) is 5.26 Å². The van der Waals surface area contributed by atoms with Crippen molar-refractivity contribution in [1.82, 2.24) is 5.32 Å². The minimum Gasteiger partial charge on any atom is -0.322 e. The van der Waals surface area contributed by atoms with Crippen LogP contribution in [-0.2, 0) is 0 Å². The molecule has 2 N–H and O–H groups in total. The Morgan fingerprint density at radius 2 is 1.79 bits per heavy atom. The van der Waals surface area contributed by atoms with Crippen LogP contribution in [0.25, 0.3) is 0 Å². The van der Waals surface area contributed by atoms with E-state index in [0.717, 1.165) is 0 Å². The number of urea groups is 1. The smallest absolute Gasteiger partial charge is 0.320 e. The van der Waals surface area contributed by atoms with Crippen LogP contribution in [0.4, 0.5) is 10.5 Å². The summed E-state index contributed by atoms with van der Waals surface area (Å²) in [5, 5.41) is 14.1. The van der Waals surface area contributed by atoms with Gasteiger partial charge in [0.25, 0.3) is 0 Å². The molecule has 0 heterocycles. The Labute approximate surface area is 112 Å². The van der Waals surface area contributed by atoms with Crippen molar-refractivity contribution in [2.75, 3.05) is 5.32 Å². The van der Waals surface area contributed by atoms with E-state index in [9.17, 15) is 9.59 Å². The van der Waals surface area contributed by atoms with E-state index in [4.69, 9.17) is 5.26 Å². The SMILES string of the molecule is CC(=O)c1ccc(NC(=O)NC(C#N)C(C)C)cc1. The summed E-state index contributed by atoms with van der Waals surface area (Å²) in [7, 11) is 0. The second-order valence-electron chi connectivity index (χ2n) is 4.58. The molecule has 1 aromatic carbocycles. The topological polar surface area (TPSA) is 82.0 Å². The minimum atomic E-state index is -0.531. The van der Waals surface area contributed by atoms with E-state index in [2.05, 4.69) is 10.6 Å². The van der Waals surface area contributed by atoms with Crippen molar-refractivity contribution in [3.05, 3.63) is 29.8 Å². The highest BCUT2D eigenvalue weighted by atomic mass is 16.2. The lowest BCUT2D eigenvalue weighted by molar-refractivity contribution is 0.101. The summed E-state index contributed by atoms with van der Waals surface area (Å²) in [5.74, 6) is 0.0104. The molecular formula is C14H17N3O2. The lowest BCUT2D eigenvalue weighted by atomic mass is 10.1. The summed E-state index contributed by atoms with van der Waals surface area (Å²) >= 11 is 0. The zero-order valence-electron chi connectivity index (χ0n) is 11.2. The molecule has 0 bridgehead atoms. The van der Waals surface area contributed by atoms with Gasteiger partial charge in [-0.1, -0.05) is 13.8 Å². The first-order chi connectivity index (χ1) is 8.93. The van der Waals surface area contributed by atoms with E-state index in [1.54, 1.807) is 24.3 Å².